The molecule has 2 aromatic heterocycles. The molecule has 0 aliphatic carbocycles. The van der Waals surface area contributed by atoms with E-state index in [0.717, 1.165) is 35.4 Å². The van der Waals surface area contributed by atoms with Crippen molar-refractivity contribution in [3.63, 3.8) is 0 Å². The van der Waals surface area contributed by atoms with Crippen molar-refractivity contribution < 1.29 is 9.47 Å². The molecule has 0 spiro atoms. The summed E-state index contributed by atoms with van der Waals surface area (Å²) in [7, 11) is 3.22. The number of hydrogen-bond donors (Lipinski definition) is 1. The summed E-state index contributed by atoms with van der Waals surface area (Å²) in [4.78, 5) is 12.9. The molecule has 0 bridgehead atoms. The summed E-state index contributed by atoms with van der Waals surface area (Å²) in [5.74, 6) is 2.08. The highest BCUT2D eigenvalue weighted by atomic mass is 16.5. The lowest BCUT2D eigenvalue weighted by Crippen LogP contribution is -2.08. The van der Waals surface area contributed by atoms with E-state index in [1.54, 1.807) is 20.4 Å². The van der Waals surface area contributed by atoms with Gasteiger partial charge in [0.05, 0.1) is 19.7 Å². The van der Waals surface area contributed by atoms with Gasteiger partial charge in [-0.1, -0.05) is 6.07 Å². The number of nitrogens with one attached hydrogen (secondary N) is 1. The Bertz CT molecular complexity index is 793. The van der Waals surface area contributed by atoms with Gasteiger partial charge in [-0.15, -0.1) is 0 Å². The molecule has 0 saturated carbocycles. The van der Waals surface area contributed by atoms with Crippen LogP contribution in [-0.4, -0.2) is 35.7 Å². The van der Waals surface area contributed by atoms with Crippen molar-refractivity contribution >= 4 is 16.7 Å². The molecule has 2 heterocycles. The van der Waals surface area contributed by atoms with Gasteiger partial charge in [-0.3, -0.25) is 4.98 Å². The van der Waals surface area contributed by atoms with E-state index in [2.05, 4.69) is 20.3 Å². The summed E-state index contributed by atoms with van der Waals surface area (Å²) in [5, 5.41) is 4.23. The Kier molecular flexibility index (Phi) is 4.52. The summed E-state index contributed by atoms with van der Waals surface area (Å²) in [6.45, 7) is 0.734. The molecule has 0 radical (unpaired) electrons. The second kappa shape index (κ2) is 6.91. The van der Waals surface area contributed by atoms with E-state index in [-0.39, 0.29) is 0 Å². The lowest BCUT2D eigenvalue weighted by atomic mass is 10.2. The van der Waals surface area contributed by atoms with E-state index in [0.29, 0.717) is 11.5 Å². The molecule has 23 heavy (non-hydrogen) atoms. The van der Waals surface area contributed by atoms with Gasteiger partial charge in [0.2, 0.25) is 0 Å². The summed E-state index contributed by atoms with van der Waals surface area (Å²) in [6, 6.07) is 9.64. The fourth-order valence-electron chi connectivity index (χ4n) is 2.38. The Hall–Kier alpha value is -2.89. The smallest absolute Gasteiger partial charge is 0.162 e. The van der Waals surface area contributed by atoms with E-state index in [1.165, 1.54) is 6.33 Å². The maximum atomic E-state index is 5.35. The maximum Gasteiger partial charge on any atom is 0.162 e. The number of rotatable bonds is 6. The minimum absolute atomic E-state index is 0.651. The number of benzene rings is 1. The predicted molar refractivity (Wildman–Crippen MR) is 89.1 cm³/mol. The third-order valence-electron chi connectivity index (χ3n) is 3.54. The first kappa shape index (κ1) is 15.0. The highest BCUT2D eigenvalue weighted by Gasteiger charge is 2.10. The Balaban J connectivity index is 1.83. The molecule has 1 aromatic carbocycles. The van der Waals surface area contributed by atoms with Crippen molar-refractivity contribution in [1.82, 2.24) is 15.0 Å². The van der Waals surface area contributed by atoms with Gasteiger partial charge in [0.15, 0.2) is 11.5 Å². The lowest BCUT2D eigenvalue weighted by Gasteiger charge is -2.12. The maximum absolute atomic E-state index is 5.35. The van der Waals surface area contributed by atoms with Crippen LogP contribution in [0, 0.1) is 0 Å². The van der Waals surface area contributed by atoms with Crippen molar-refractivity contribution in [3.8, 4) is 11.5 Å². The third kappa shape index (κ3) is 3.31. The predicted octanol–water partition coefficient (Wildman–Crippen LogP) is 2.70. The van der Waals surface area contributed by atoms with Crippen molar-refractivity contribution in [1.29, 1.82) is 0 Å². The van der Waals surface area contributed by atoms with Gasteiger partial charge < -0.3 is 14.8 Å². The first-order valence-corrected chi connectivity index (χ1v) is 7.32. The van der Waals surface area contributed by atoms with Crippen LogP contribution in [0.2, 0.25) is 0 Å². The Morgan fingerprint density at radius 3 is 2.57 bits per heavy atom. The summed E-state index contributed by atoms with van der Waals surface area (Å²) >= 11 is 0. The number of pyridine rings is 1. The summed E-state index contributed by atoms with van der Waals surface area (Å²) < 4.78 is 10.7. The molecule has 6 nitrogen and oxygen atoms in total. The second-order valence-electron chi connectivity index (χ2n) is 4.94. The number of fused-ring (bicyclic) bond motifs is 1. The molecule has 0 aliphatic rings. The topological polar surface area (TPSA) is 69.2 Å². The van der Waals surface area contributed by atoms with Crippen LogP contribution in [-0.2, 0) is 6.42 Å². The third-order valence-corrected chi connectivity index (χ3v) is 3.54. The van der Waals surface area contributed by atoms with Crippen LogP contribution in [0.1, 0.15) is 5.69 Å². The molecular formula is C17H18N4O2. The number of methoxy groups -OCH3 is 2. The van der Waals surface area contributed by atoms with Gasteiger partial charge >= 0.3 is 0 Å². The largest absolute Gasteiger partial charge is 0.493 e. The van der Waals surface area contributed by atoms with E-state index in [9.17, 15) is 0 Å². The molecule has 0 unspecified atom stereocenters. The van der Waals surface area contributed by atoms with E-state index in [1.807, 2.05) is 30.3 Å². The summed E-state index contributed by atoms with van der Waals surface area (Å²) in [5.41, 5.74) is 1.84. The fraction of sp³-hybridized carbons (Fsp3) is 0.235. The molecule has 6 heteroatoms. The normalized spacial score (nSPS) is 10.5. The van der Waals surface area contributed by atoms with Gasteiger partial charge in [0, 0.05) is 36.3 Å². The van der Waals surface area contributed by atoms with E-state index >= 15 is 0 Å². The van der Waals surface area contributed by atoms with Crippen molar-refractivity contribution in [2.24, 2.45) is 0 Å². The molecule has 0 amide bonds. The van der Waals surface area contributed by atoms with Crippen molar-refractivity contribution in [2.75, 3.05) is 26.1 Å². The number of ether oxygens (including phenoxy) is 2. The monoisotopic (exact) mass is 310 g/mol. The molecule has 0 fully saturated rings. The van der Waals surface area contributed by atoms with Crippen molar-refractivity contribution in [2.45, 2.75) is 6.42 Å². The van der Waals surface area contributed by atoms with Crippen LogP contribution < -0.4 is 14.8 Å². The molecular weight excluding hydrogens is 292 g/mol. The molecule has 3 rings (SSSR count). The number of aromatic nitrogens is 3. The van der Waals surface area contributed by atoms with Crippen LogP contribution in [0.15, 0.2) is 42.9 Å². The molecule has 118 valence electrons. The van der Waals surface area contributed by atoms with Gasteiger partial charge in [-0.05, 0) is 18.2 Å². The Labute approximate surface area is 134 Å². The highest BCUT2D eigenvalue weighted by molar-refractivity contribution is 5.91. The highest BCUT2D eigenvalue weighted by Crippen LogP contribution is 2.33. The quantitative estimate of drug-likeness (QED) is 0.755. The standard InChI is InChI=1S/C17H18N4O2/c1-22-15-9-13-14(10-16(15)23-2)20-11-21-17(13)19-8-6-12-5-3-4-7-18-12/h3-5,7,9-11H,6,8H2,1-2H3,(H,19,20,21). The lowest BCUT2D eigenvalue weighted by molar-refractivity contribution is 0.356. The van der Waals surface area contributed by atoms with Gasteiger partial charge in [0.25, 0.3) is 0 Å². The van der Waals surface area contributed by atoms with Gasteiger partial charge in [0.1, 0.15) is 12.1 Å². The zero-order valence-electron chi connectivity index (χ0n) is 13.1. The van der Waals surface area contributed by atoms with Crippen LogP contribution in [0.3, 0.4) is 0 Å². The average Bonchev–Trinajstić information content (AvgIpc) is 2.61. The molecule has 0 saturated heterocycles. The molecule has 0 aliphatic heterocycles. The SMILES string of the molecule is COc1cc2ncnc(NCCc3ccccn3)c2cc1OC. The summed E-state index contributed by atoms with van der Waals surface area (Å²) in [6.07, 6.45) is 4.16. The molecule has 3 aromatic rings. The minimum atomic E-state index is 0.651. The van der Waals surface area contributed by atoms with Gasteiger partial charge in [-0.2, -0.15) is 0 Å². The van der Waals surface area contributed by atoms with Gasteiger partial charge in [-0.25, -0.2) is 9.97 Å². The minimum Gasteiger partial charge on any atom is -0.493 e. The Morgan fingerprint density at radius 2 is 1.83 bits per heavy atom. The van der Waals surface area contributed by atoms with E-state index < -0.39 is 0 Å². The zero-order chi connectivity index (χ0) is 16.1. The van der Waals surface area contributed by atoms with Crippen LogP contribution in [0.25, 0.3) is 10.9 Å². The second-order valence-corrected chi connectivity index (χ2v) is 4.94. The van der Waals surface area contributed by atoms with E-state index in [4.69, 9.17) is 9.47 Å². The van der Waals surface area contributed by atoms with Crippen molar-refractivity contribution in [3.05, 3.63) is 48.5 Å². The van der Waals surface area contributed by atoms with Crippen LogP contribution >= 0.6 is 0 Å². The fourth-order valence-corrected chi connectivity index (χ4v) is 2.38. The molecule has 0 atom stereocenters. The number of hydrogen-bond acceptors (Lipinski definition) is 6. The Morgan fingerprint density at radius 1 is 1.00 bits per heavy atom. The van der Waals surface area contributed by atoms with Crippen LogP contribution in [0.5, 0.6) is 11.5 Å². The first-order chi connectivity index (χ1) is 11.3. The number of nitrogens with zero attached hydrogens (tertiary/aromatic N) is 3. The number of anilines is 1. The molecule has 1 N–H and O–H groups in total. The average molecular weight is 310 g/mol. The zero-order valence-corrected chi connectivity index (χ0v) is 13.1. The van der Waals surface area contributed by atoms with Crippen LogP contribution in [0.4, 0.5) is 5.82 Å². The first-order valence-electron chi connectivity index (χ1n) is 7.32.